The van der Waals surface area contributed by atoms with Crippen LogP contribution in [0.2, 0.25) is 0 Å². The van der Waals surface area contributed by atoms with E-state index >= 15 is 0 Å². The van der Waals surface area contributed by atoms with Gasteiger partial charge >= 0.3 is 0 Å². The number of hydrogen-bond acceptors (Lipinski definition) is 7. The van der Waals surface area contributed by atoms with E-state index in [1.165, 1.54) is 44.9 Å². The molecule has 1 unspecified atom stereocenters. The van der Waals surface area contributed by atoms with Crippen LogP contribution in [-0.4, -0.2) is 46.2 Å². The number of benzene rings is 2. The van der Waals surface area contributed by atoms with Crippen molar-refractivity contribution in [2.75, 3.05) is 13.6 Å². The minimum absolute atomic E-state index is 0.0324. The zero-order valence-corrected chi connectivity index (χ0v) is 24.8. The predicted octanol–water partition coefficient (Wildman–Crippen LogP) is 6.03. The van der Waals surface area contributed by atoms with E-state index in [0.29, 0.717) is 30.3 Å². The lowest BCUT2D eigenvalue weighted by atomic mass is 10.1. The van der Waals surface area contributed by atoms with Crippen molar-refractivity contribution in [3.63, 3.8) is 0 Å². The van der Waals surface area contributed by atoms with Crippen molar-refractivity contribution in [1.29, 1.82) is 0 Å². The number of ketones is 2. The summed E-state index contributed by atoms with van der Waals surface area (Å²) in [4.78, 5) is 26.9. The van der Waals surface area contributed by atoms with E-state index in [0.717, 1.165) is 29.4 Å². The molecule has 0 aliphatic rings. The van der Waals surface area contributed by atoms with Gasteiger partial charge in [0.25, 0.3) is 0 Å². The van der Waals surface area contributed by atoms with Gasteiger partial charge in [-0.3, -0.25) is 14.6 Å². The number of hydrogen-bond donors (Lipinski definition) is 3. The van der Waals surface area contributed by atoms with Crippen LogP contribution in [0.25, 0.3) is 10.8 Å². The number of fused-ring (bicyclic) bond motifs is 1. The van der Waals surface area contributed by atoms with Gasteiger partial charge in [-0.05, 0) is 62.4 Å². The van der Waals surface area contributed by atoms with E-state index in [9.17, 15) is 23.5 Å². The molecule has 0 radical (unpaired) electrons. The molecule has 0 spiro atoms. The summed E-state index contributed by atoms with van der Waals surface area (Å²) in [6.07, 6.45) is 6.53. The lowest BCUT2D eigenvalue weighted by Crippen LogP contribution is -2.35. The second kappa shape index (κ2) is 18.5. The number of unbranched alkanes of at least 4 members (excludes halogenated alkanes) is 1. The Morgan fingerprint density at radius 1 is 1.10 bits per heavy atom. The Morgan fingerprint density at radius 3 is 2.37 bits per heavy atom. The highest BCUT2D eigenvalue weighted by Crippen LogP contribution is 2.21. The van der Waals surface area contributed by atoms with Crippen LogP contribution in [0.1, 0.15) is 64.6 Å². The van der Waals surface area contributed by atoms with Crippen LogP contribution < -0.4 is 11.1 Å². The van der Waals surface area contributed by atoms with Crippen molar-refractivity contribution in [2.45, 2.75) is 72.4 Å². The fraction of sp³-hybridized carbons (Fsp3) is 0.406. The number of aromatic nitrogens is 1. The molecule has 2 aromatic carbocycles. The number of pyridine rings is 1. The third-order valence-corrected chi connectivity index (χ3v) is 6.35. The molecule has 3 rings (SSSR count). The van der Waals surface area contributed by atoms with Gasteiger partial charge in [0.2, 0.25) is 0 Å². The third kappa shape index (κ3) is 12.9. The van der Waals surface area contributed by atoms with Crippen molar-refractivity contribution in [1.82, 2.24) is 15.2 Å². The first-order chi connectivity index (χ1) is 19.4. The molecule has 9 heteroatoms. The van der Waals surface area contributed by atoms with Crippen LogP contribution in [0.3, 0.4) is 0 Å². The van der Waals surface area contributed by atoms with Crippen LogP contribution in [0.15, 0.2) is 61.1 Å². The number of nitrogens with two attached hydrogens (primary N) is 1. The van der Waals surface area contributed by atoms with Gasteiger partial charge in [0, 0.05) is 48.9 Å². The summed E-state index contributed by atoms with van der Waals surface area (Å²) >= 11 is 0. The van der Waals surface area contributed by atoms with Crippen LogP contribution in [0, 0.1) is 11.6 Å². The maximum atomic E-state index is 13.3. The van der Waals surface area contributed by atoms with Gasteiger partial charge in [-0.15, -0.1) is 0 Å². The fourth-order valence-electron chi connectivity index (χ4n) is 3.87. The normalized spacial score (nSPS) is 10.9. The first-order valence-electron chi connectivity index (χ1n) is 13.8. The molecule has 224 valence electrons. The van der Waals surface area contributed by atoms with E-state index < -0.39 is 5.82 Å². The van der Waals surface area contributed by atoms with Gasteiger partial charge in [0.05, 0.1) is 12.4 Å². The van der Waals surface area contributed by atoms with Gasteiger partial charge in [-0.25, -0.2) is 8.78 Å². The van der Waals surface area contributed by atoms with E-state index in [1.54, 1.807) is 30.5 Å². The molecular formula is C32H44F2N4O3. The highest BCUT2D eigenvalue weighted by molar-refractivity contribution is 5.84. The summed E-state index contributed by atoms with van der Waals surface area (Å²) in [6, 6.07) is 11.3. The molecule has 1 atom stereocenters. The number of para-hydroxylation sites is 1. The minimum Gasteiger partial charge on any atom is -0.505 e. The quantitative estimate of drug-likeness (QED) is 0.244. The molecule has 0 saturated heterocycles. The average molecular weight is 571 g/mol. The highest BCUT2D eigenvalue weighted by atomic mass is 19.1. The zero-order chi connectivity index (χ0) is 30.9. The van der Waals surface area contributed by atoms with Gasteiger partial charge < -0.3 is 21.1 Å². The number of phenolic OH excluding ortho intramolecular Hbond substituents is 1. The number of nitrogens with zero attached hydrogens (tertiary/aromatic N) is 2. The van der Waals surface area contributed by atoms with Crippen LogP contribution in [0.5, 0.6) is 5.75 Å². The fourth-order valence-corrected chi connectivity index (χ4v) is 3.87. The van der Waals surface area contributed by atoms with Gasteiger partial charge in [-0.2, -0.15) is 0 Å². The summed E-state index contributed by atoms with van der Waals surface area (Å²) in [7, 11) is 2.02. The van der Waals surface area contributed by atoms with Crippen LogP contribution in [0.4, 0.5) is 8.78 Å². The molecule has 4 N–H and O–H groups in total. The van der Waals surface area contributed by atoms with E-state index in [-0.39, 0.29) is 29.7 Å². The van der Waals surface area contributed by atoms with Crippen molar-refractivity contribution in [3.8, 4) is 5.75 Å². The molecule has 41 heavy (non-hydrogen) atoms. The maximum Gasteiger partial charge on any atom is 0.165 e. The number of carbonyl (C=O) groups excluding carboxylic acids is 2. The highest BCUT2D eigenvalue weighted by Gasteiger charge is 2.14. The number of carbonyl (C=O) groups is 2. The predicted molar refractivity (Wildman–Crippen MR) is 161 cm³/mol. The van der Waals surface area contributed by atoms with Gasteiger partial charge in [-0.1, -0.05) is 45.4 Å². The summed E-state index contributed by atoms with van der Waals surface area (Å²) in [5.74, 6) is -0.284. The van der Waals surface area contributed by atoms with Crippen molar-refractivity contribution in [2.24, 2.45) is 5.73 Å². The molecule has 0 amide bonds. The Bertz CT molecular complexity index is 1280. The largest absolute Gasteiger partial charge is 0.505 e. The van der Waals surface area contributed by atoms with E-state index in [1.807, 2.05) is 7.05 Å². The monoisotopic (exact) mass is 570 g/mol. The van der Waals surface area contributed by atoms with E-state index in [2.05, 4.69) is 35.6 Å². The molecule has 1 heterocycles. The number of aromatic hydroxyl groups is 1. The van der Waals surface area contributed by atoms with Gasteiger partial charge in [0.1, 0.15) is 17.4 Å². The molecule has 0 fully saturated rings. The Balaban J connectivity index is 0.000000364. The zero-order valence-electron chi connectivity index (χ0n) is 24.8. The Labute approximate surface area is 242 Å². The summed E-state index contributed by atoms with van der Waals surface area (Å²) < 4.78 is 26.2. The van der Waals surface area contributed by atoms with Gasteiger partial charge in [0.15, 0.2) is 11.6 Å². The number of halogens is 2. The lowest BCUT2D eigenvalue weighted by Gasteiger charge is -2.31. The van der Waals surface area contributed by atoms with Crippen molar-refractivity contribution < 1.29 is 23.5 Å². The molecule has 1 aromatic heterocycles. The topological polar surface area (TPSA) is 109 Å². The second-order valence-corrected chi connectivity index (χ2v) is 9.82. The lowest BCUT2D eigenvalue weighted by molar-refractivity contribution is -0.117. The first kappa shape index (κ1) is 35.2. The second-order valence-electron chi connectivity index (χ2n) is 9.82. The maximum absolute atomic E-state index is 13.3. The molecule has 7 nitrogen and oxygen atoms in total. The number of Topliss-reactive ketones (excluding diaryl/α,β-unsaturated/α-hetero) is 2. The Morgan fingerprint density at radius 2 is 1.78 bits per heavy atom. The summed E-state index contributed by atoms with van der Waals surface area (Å²) in [6.45, 7) is 11.9. The van der Waals surface area contributed by atoms with E-state index in [4.69, 9.17) is 5.73 Å². The molecule has 0 aliphatic carbocycles. The molecule has 0 bridgehead atoms. The number of phenols is 1. The standard InChI is InChI=1S/C17H27FN2O.C12H10FNO.C3H7NO/c1-5-7-10-15(6-2)20(4)13(3)19-12-14-9-8-11-16(18)17(14)21;1-8(15)4-12-6-10-5-11(13)3-2-9(10)7-14-12;1-3(5)2-4/h8-9,11,15,19,21H,3,5-7,10,12H2,1-2,4H3;2-3,5-7H,4H2,1H3;2,4H2,1H3. The molecular weight excluding hydrogens is 526 g/mol. The average Bonchev–Trinajstić information content (AvgIpc) is 2.94. The van der Waals surface area contributed by atoms with Crippen molar-refractivity contribution >= 4 is 22.3 Å². The SMILES string of the molecule is C=C(NCc1cccc(F)c1O)N(C)C(CC)CCCC.CC(=O)CN.CC(=O)Cc1cc2cc(F)ccc2cn1. The number of rotatable bonds is 12. The molecule has 3 aromatic rings. The smallest absolute Gasteiger partial charge is 0.165 e. The summed E-state index contributed by atoms with van der Waals surface area (Å²) in [5.41, 5.74) is 6.04. The Kier molecular flexibility index (Phi) is 15.9. The molecule has 0 saturated carbocycles. The number of nitrogens with one attached hydrogen (secondary N) is 1. The third-order valence-electron chi connectivity index (χ3n) is 6.35. The summed E-state index contributed by atoms with van der Waals surface area (Å²) in [5, 5.41) is 14.5. The van der Waals surface area contributed by atoms with Crippen molar-refractivity contribution in [3.05, 3.63) is 84.0 Å². The van der Waals surface area contributed by atoms with Crippen LogP contribution in [-0.2, 0) is 22.6 Å². The van der Waals surface area contributed by atoms with Crippen LogP contribution >= 0.6 is 0 Å². The minimum atomic E-state index is -0.595. The first-order valence-corrected chi connectivity index (χ1v) is 13.8. The Hall–Kier alpha value is -3.85. The molecule has 0 aliphatic heterocycles.